The summed E-state index contributed by atoms with van der Waals surface area (Å²) in [4.78, 5) is 44.4. The molecule has 6 rings (SSSR count). The summed E-state index contributed by atoms with van der Waals surface area (Å²) in [7, 11) is 0. The van der Waals surface area contributed by atoms with Gasteiger partial charge < -0.3 is 0 Å². The monoisotopic (exact) mass is 334 g/mol. The van der Waals surface area contributed by atoms with Crippen molar-refractivity contribution in [3.8, 4) is 0 Å². The van der Waals surface area contributed by atoms with Crippen LogP contribution < -0.4 is 4.90 Å². The molecule has 2 amide bonds. The Morgan fingerprint density at radius 2 is 1.80 bits per heavy atom. The molecule has 1 aliphatic heterocycles. The Morgan fingerprint density at radius 1 is 1.00 bits per heavy atom. The third kappa shape index (κ3) is 1.89. The number of nitrogens with zero attached hydrogens (tertiary/aromatic N) is 2. The van der Waals surface area contributed by atoms with Gasteiger partial charge in [-0.25, -0.2) is 4.90 Å². The first-order chi connectivity index (χ1) is 12.1. The van der Waals surface area contributed by atoms with Gasteiger partial charge in [0.15, 0.2) is 0 Å². The van der Waals surface area contributed by atoms with Crippen molar-refractivity contribution in [1.29, 1.82) is 0 Å². The molecule has 4 aliphatic rings. The van der Waals surface area contributed by atoms with Crippen LogP contribution in [0.3, 0.4) is 0 Å². The van der Waals surface area contributed by atoms with Gasteiger partial charge in [-0.15, -0.1) is 0 Å². The predicted octanol–water partition coefficient (Wildman–Crippen LogP) is 2.65. The van der Waals surface area contributed by atoms with Crippen molar-refractivity contribution in [1.82, 2.24) is 4.98 Å². The van der Waals surface area contributed by atoms with Gasteiger partial charge in [0.05, 0.1) is 23.0 Å². The number of pyridine rings is 1. The van der Waals surface area contributed by atoms with Crippen LogP contribution >= 0.6 is 0 Å². The minimum absolute atomic E-state index is 0.0219. The number of fused-ring (bicyclic) bond motifs is 3. The Kier molecular flexibility index (Phi) is 2.94. The zero-order valence-corrected chi connectivity index (χ0v) is 13.9. The van der Waals surface area contributed by atoms with E-state index in [9.17, 15) is 14.4 Å². The van der Waals surface area contributed by atoms with E-state index in [1.54, 1.807) is 6.07 Å². The fraction of sp³-hybridized carbons (Fsp3) is 0.400. The van der Waals surface area contributed by atoms with E-state index in [1.165, 1.54) is 4.90 Å². The molecule has 1 saturated heterocycles. The number of amides is 2. The van der Waals surface area contributed by atoms with Gasteiger partial charge in [-0.3, -0.25) is 19.4 Å². The Labute approximate surface area is 145 Å². The maximum atomic E-state index is 13.1. The molecule has 3 saturated carbocycles. The van der Waals surface area contributed by atoms with Gasteiger partial charge in [0, 0.05) is 23.4 Å². The summed E-state index contributed by atoms with van der Waals surface area (Å²) >= 11 is 0. The number of carbonyl (C=O) groups excluding carboxylic acids is 3. The largest absolute Gasteiger partial charge is 0.299 e. The van der Waals surface area contributed by atoms with Crippen LogP contribution in [0.1, 0.15) is 25.0 Å². The second kappa shape index (κ2) is 4.97. The van der Waals surface area contributed by atoms with Crippen molar-refractivity contribution in [2.75, 3.05) is 4.90 Å². The predicted molar refractivity (Wildman–Crippen MR) is 91.8 cm³/mol. The molecule has 4 atom stereocenters. The quantitative estimate of drug-likeness (QED) is 0.752. The zero-order valence-electron chi connectivity index (χ0n) is 13.9. The number of anilines is 1. The molecule has 5 heteroatoms. The lowest BCUT2D eigenvalue weighted by molar-refractivity contribution is -0.143. The van der Waals surface area contributed by atoms with Crippen molar-refractivity contribution in [2.24, 2.45) is 23.7 Å². The Morgan fingerprint density at radius 3 is 2.60 bits per heavy atom. The lowest BCUT2D eigenvalue weighted by Gasteiger charge is -2.41. The Balaban J connectivity index is 1.67. The summed E-state index contributed by atoms with van der Waals surface area (Å²) in [5, 5.41) is 0.901. The average Bonchev–Trinajstić information content (AvgIpc) is 2.88. The topological polar surface area (TPSA) is 67.3 Å². The molecule has 0 radical (unpaired) electrons. The number of carbonyl (C=O) groups is 3. The SMILES string of the molecule is Cc1ccc2cccc(N3C(=O)C4C5CCC(C(=O)C5)C4C3=O)c2n1. The molecule has 1 aromatic heterocycles. The second-order valence-corrected chi connectivity index (χ2v) is 7.48. The van der Waals surface area contributed by atoms with E-state index in [4.69, 9.17) is 0 Å². The molecule has 2 heterocycles. The maximum absolute atomic E-state index is 13.1. The van der Waals surface area contributed by atoms with Gasteiger partial charge >= 0.3 is 0 Å². The van der Waals surface area contributed by atoms with Crippen molar-refractivity contribution in [3.05, 3.63) is 36.0 Å². The first kappa shape index (κ1) is 14.8. The highest BCUT2D eigenvalue weighted by molar-refractivity contribution is 6.25. The number of rotatable bonds is 1. The van der Waals surface area contributed by atoms with E-state index < -0.39 is 5.92 Å². The molecule has 1 aromatic carbocycles. The fourth-order valence-corrected chi connectivity index (χ4v) is 5.03. The highest BCUT2D eigenvalue weighted by atomic mass is 16.2. The number of hydrogen-bond acceptors (Lipinski definition) is 4. The minimum atomic E-state index is -0.465. The highest BCUT2D eigenvalue weighted by Gasteiger charge is 2.61. The Hall–Kier alpha value is -2.56. The summed E-state index contributed by atoms with van der Waals surface area (Å²) < 4.78 is 0. The third-order valence-electron chi connectivity index (χ3n) is 6.14. The number of aromatic nitrogens is 1. The summed E-state index contributed by atoms with van der Waals surface area (Å²) in [5.74, 6) is -1.25. The van der Waals surface area contributed by atoms with Crippen LogP contribution in [0.4, 0.5) is 5.69 Å². The number of aryl methyl sites for hydroxylation is 1. The molecule has 0 spiro atoms. The van der Waals surface area contributed by atoms with Crippen LogP contribution in [-0.4, -0.2) is 22.6 Å². The first-order valence-electron chi connectivity index (χ1n) is 8.83. The summed E-state index contributed by atoms with van der Waals surface area (Å²) in [5.41, 5.74) is 2.06. The molecule has 25 heavy (non-hydrogen) atoms. The van der Waals surface area contributed by atoms with E-state index in [-0.39, 0.29) is 35.4 Å². The molecule has 2 aromatic rings. The number of hydrogen-bond donors (Lipinski definition) is 0. The van der Waals surface area contributed by atoms with Gasteiger partial charge in [-0.2, -0.15) is 0 Å². The zero-order chi connectivity index (χ0) is 17.3. The van der Waals surface area contributed by atoms with E-state index in [1.807, 2.05) is 31.2 Å². The fourth-order valence-electron chi connectivity index (χ4n) is 5.03. The van der Waals surface area contributed by atoms with Crippen LogP contribution in [0.2, 0.25) is 0 Å². The first-order valence-corrected chi connectivity index (χ1v) is 8.83. The van der Waals surface area contributed by atoms with Crippen LogP contribution in [-0.2, 0) is 14.4 Å². The molecular weight excluding hydrogens is 316 g/mol. The normalized spacial score (nSPS) is 31.1. The molecule has 2 bridgehead atoms. The third-order valence-corrected chi connectivity index (χ3v) is 6.14. The van der Waals surface area contributed by atoms with Crippen molar-refractivity contribution in [3.63, 3.8) is 0 Å². The van der Waals surface area contributed by atoms with Crippen molar-refractivity contribution >= 4 is 34.2 Å². The van der Waals surface area contributed by atoms with E-state index in [0.717, 1.165) is 23.9 Å². The van der Waals surface area contributed by atoms with Gasteiger partial charge in [0.2, 0.25) is 11.8 Å². The molecule has 3 aliphatic carbocycles. The lowest BCUT2D eigenvalue weighted by atomic mass is 9.59. The van der Waals surface area contributed by atoms with Crippen molar-refractivity contribution < 1.29 is 14.4 Å². The van der Waals surface area contributed by atoms with Crippen LogP contribution in [0.5, 0.6) is 0 Å². The lowest BCUT2D eigenvalue weighted by Crippen LogP contribution is -2.46. The smallest absolute Gasteiger partial charge is 0.238 e. The van der Waals surface area contributed by atoms with E-state index in [2.05, 4.69) is 4.98 Å². The van der Waals surface area contributed by atoms with Crippen LogP contribution in [0, 0.1) is 30.6 Å². The number of imide groups is 1. The second-order valence-electron chi connectivity index (χ2n) is 7.48. The van der Waals surface area contributed by atoms with Crippen LogP contribution in [0.25, 0.3) is 10.9 Å². The van der Waals surface area contributed by atoms with Crippen molar-refractivity contribution in [2.45, 2.75) is 26.2 Å². The van der Waals surface area contributed by atoms with Gasteiger partial charge in [-0.05, 0) is 37.8 Å². The summed E-state index contributed by atoms with van der Waals surface area (Å²) in [6.07, 6.45) is 2.06. The van der Waals surface area contributed by atoms with Gasteiger partial charge in [-0.1, -0.05) is 18.2 Å². The summed E-state index contributed by atoms with van der Waals surface area (Å²) in [6, 6.07) is 9.42. The number of para-hydroxylation sites is 1. The average molecular weight is 334 g/mol. The molecule has 4 unspecified atom stereocenters. The highest BCUT2D eigenvalue weighted by Crippen LogP contribution is 2.52. The molecule has 126 valence electrons. The van der Waals surface area contributed by atoms with Crippen LogP contribution in [0.15, 0.2) is 30.3 Å². The van der Waals surface area contributed by atoms with E-state index in [0.29, 0.717) is 17.6 Å². The maximum Gasteiger partial charge on any atom is 0.238 e. The van der Waals surface area contributed by atoms with E-state index >= 15 is 0 Å². The molecule has 4 fully saturated rings. The van der Waals surface area contributed by atoms with Gasteiger partial charge in [0.1, 0.15) is 5.78 Å². The molecule has 0 N–H and O–H groups in total. The standard InChI is InChI=1S/C20H18N2O3/c1-10-5-6-11-3-2-4-14(18(11)21-10)22-19(24)16-12-7-8-13(15(23)9-12)17(16)20(22)25/h2-6,12-13,16-17H,7-9H2,1H3. The minimum Gasteiger partial charge on any atom is -0.299 e. The number of benzene rings is 1. The molecular formula is C20H18N2O3. The van der Waals surface area contributed by atoms with Gasteiger partial charge in [0.25, 0.3) is 0 Å². The number of ketones is 1. The Bertz CT molecular complexity index is 951. The number of Topliss-reactive ketones (excluding diaryl/α,β-unsaturated/α-hetero) is 1. The molecule has 5 nitrogen and oxygen atoms in total. The summed E-state index contributed by atoms with van der Waals surface area (Å²) in [6.45, 7) is 1.89.